The van der Waals surface area contributed by atoms with E-state index in [0.29, 0.717) is 0 Å². The third-order valence-electron chi connectivity index (χ3n) is 2.52. The summed E-state index contributed by atoms with van der Waals surface area (Å²) < 4.78 is 43.0. The van der Waals surface area contributed by atoms with Crippen molar-refractivity contribution in [1.29, 1.82) is 0 Å². The van der Waals surface area contributed by atoms with Crippen LogP contribution < -0.4 is 5.32 Å². The van der Waals surface area contributed by atoms with Crippen molar-refractivity contribution >= 4 is 17.7 Å². The molecule has 20 heavy (non-hydrogen) atoms. The molecule has 8 heteroatoms. The van der Waals surface area contributed by atoms with Gasteiger partial charge in [0.25, 0.3) is 6.01 Å². The fourth-order valence-electron chi connectivity index (χ4n) is 1.56. The number of aryl methyl sites for hydroxylation is 1. The third kappa shape index (κ3) is 2.90. The maximum atomic E-state index is 12.7. The fourth-order valence-corrected chi connectivity index (χ4v) is 1.56. The molecule has 0 aliphatic heterocycles. The Kier molecular flexibility index (Phi) is 3.39. The van der Waals surface area contributed by atoms with E-state index in [-0.39, 0.29) is 23.0 Å². The van der Waals surface area contributed by atoms with Crippen molar-refractivity contribution in [1.82, 2.24) is 4.98 Å². The molecule has 2 rings (SSSR count). The first-order valence-corrected chi connectivity index (χ1v) is 5.41. The zero-order valence-corrected chi connectivity index (χ0v) is 10.2. The van der Waals surface area contributed by atoms with Crippen LogP contribution in [-0.4, -0.2) is 16.1 Å². The lowest BCUT2D eigenvalue weighted by Gasteiger charge is -2.11. The second-order valence-corrected chi connectivity index (χ2v) is 4.00. The normalized spacial score (nSPS) is 11.4. The van der Waals surface area contributed by atoms with Gasteiger partial charge in [-0.05, 0) is 24.6 Å². The minimum Gasteiger partial charge on any atom is -0.476 e. The van der Waals surface area contributed by atoms with E-state index in [9.17, 15) is 18.0 Å². The summed E-state index contributed by atoms with van der Waals surface area (Å²) in [6.07, 6.45) is -3.58. The highest BCUT2D eigenvalue weighted by Gasteiger charge is 2.32. The summed E-state index contributed by atoms with van der Waals surface area (Å²) in [7, 11) is 0. The van der Waals surface area contributed by atoms with Gasteiger partial charge in [-0.25, -0.2) is 4.79 Å². The Bertz CT molecular complexity index is 650. The number of hydrogen-bond acceptors (Lipinski definition) is 4. The maximum absolute atomic E-state index is 12.7. The quantitative estimate of drug-likeness (QED) is 0.903. The average molecular weight is 286 g/mol. The summed E-state index contributed by atoms with van der Waals surface area (Å²) in [4.78, 5) is 14.2. The van der Waals surface area contributed by atoms with Crippen LogP contribution in [-0.2, 0) is 6.18 Å². The molecule has 0 amide bonds. The van der Waals surface area contributed by atoms with Crippen LogP contribution in [0.15, 0.2) is 28.9 Å². The van der Waals surface area contributed by atoms with Gasteiger partial charge in [0.05, 0.1) is 5.56 Å². The van der Waals surface area contributed by atoms with E-state index >= 15 is 0 Å². The second kappa shape index (κ2) is 4.87. The summed E-state index contributed by atoms with van der Waals surface area (Å²) in [5.41, 5.74) is -0.938. The minimum atomic E-state index is -4.47. The molecule has 5 nitrogen and oxygen atoms in total. The molecule has 0 unspecified atom stereocenters. The Hall–Kier alpha value is -2.51. The lowest BCUT2D eigenvalue weighted by atomic mass is 10.1. The number of anilines is 2. The Morgan fingerprint density at radius 2 is 2.10 bits per heavy atom. The fraction of sp³-hybridized carbons (Fsp3) is 0.167. The molecule has 0 atom stereocenters. The van der Waals surface area contributed by atoms with Crippen molar-refractivity contribution in [3.8, 4) is 0 Å². The third-order valence-corrected chi connectivity index (χ3v) is 2.52. The predicted molar refractivity (Wildman–Crippen MR) is 62.9 cm³/mol. The van der Waals surface area contributed by atoms with E-state index in [1.54, 1.807) is 0 Å². The lowest BCUT2D eigenvalue weighted by Crippen LogP contribution is -2.08. The smallest absolute Gasteiger partial charge is 0.416 e. The van der Waals surface area contributed by atoms with Crippen molar-refractivity contribution in [3.63, 3.8) is 0 Å². The molecule has 0 aliphatic carbocycles. The van der Waals surface area contributed by atoms with E-state index in [1.807, 2.05) is 0 Å². The Balaban J connectivity index is 2.27. The first-order chi connectivity index (χ1) is 9.27. The second-order valence-electron chi connectivity index (χ2n) is 4.00. The van der Waals surface area contributed by atoms with Crippen LogP contribution in [0.2, 0.25) is 0 Å². The van der Waals surface area contributed by atoms with Gasteiger partial charge in [-0.3, -0.25) is 0 Å². The van der Waals surface area contributed by atoms with Gasteiger partial charge >= 0.3 is 12.1 Å². The van der Waals surface area contributed by atoms with Gasteiger partial charge in [0.1, 0.15) is 6.26 Å². The number of alkyl halides is 3. The van der Waals surface area contributed by atoms with Crippen LogP contribution in [0.5, 0.6) is 0 Å². The maximum Gasteiger partial charge on any atom is 0.416 e. The van der Waals surface area contributed by atoms with E-state index in [2.05, 4.69) is 10.3 Å². The molecule has 0 saturated carbocycles. The number of oxazole rings is 1. The number of carbonyl (C=O) groups is 1. The molecule has 106 valence electrons. The number of carboxylic acids is 1. The average Bonchev–Trinajstić information content (AvgIpc) is 2.79. The summed E-state index contributed by atoms with van der Waals surface area (Å²) in [6.45, 7) is 1.35. The topological polar surface area (TPSA) is 75.4 Å². The highest BCUT2D eigenvalue weighted by molar-refractivity contribution is 5.85. The van der Waals surface area contributed by atoms with Crippen molar-refractivity contribution in [3.05, 3.63) is 41.3 Å². The number of nitrogens with one attached hydrogen (secondary N) is 1. The van der Waals surface area contributed by atoms with Crippen molar-refractivity contribution in [2.24, 2.45) is 0 Å². The molecule has 1 aromatic heterocycles. The van der Waals surface area contributed by atoms with Gasteiger partial charge in [-0.15, -0.1) is 0 Å². The predicted octanol–water partition coefficient (Wildman–Crippen LogP) is 3.44. The van der Waals surface area contributed by atoms with E-state index in [0.717, 1.165) is 12.3 Å². The lowest BCUT2D eigenvalue weighted by molar-refractivity contribution is -0.138. The SMILES string of the molecule is Cc1ccc(Nc2nc(C(=O)O)co2)cc1C(F)(F)F. The first kappa shape index (κ1) is 13.9. The summed E-state index contributed by atoms with van der Waals surface area (Å²) in [5.74, 6) is -1.29. The van der Waals surface area contributed by atoms with E-state index in [4.69, 9.17) is 9.52 Å². The van der Waals surface area contributed by atoms with Gasteiger partial charge in [-0.1, -0.05) is 6.07 Å². The molecule has 1 heterocycles. The number of rotatable bonds is 3. The molecule has 2 N–H and O–H groups in total. The highest BCUT2D eigenvalue weighted by atomic mass is 19.4. The van der Waals surface area contributed by atoms with Crippen molar-refractivity contribution in [2.45, 2.75) is 13.1 Å². The molecule has 0 saturated heterocycles. The molecule has 2 aromatic rings. The monoisotopic (exact) mass is 286 g/mol. The number of carboxylic acid groups (broad SMARTS) is 1. The minimum absolute atomic E-state index is 0.0849. The molecule has 0 fully saturated rings. The summed E-state index contributed by atoms with van der Waals surface area (Å²) in [5, 5.41) is 11.1. The highest BCUT2D eigenvalue weighted by Crippen LogP contribution is 2.34. The van der Waals surface area contributed by atoms with Crippen LogP contribution in [0, 0.1) is 6.92 Å². The molecule has 0 aliphatic rings. The molecule has 0 radical (unpaired) electrons. The Morgan fingerprint density at radius 3 is 2.65 bits per heavy atom. The number of hydrogen-bond donors (Lipinski definition) is 2. The molecule has 0 bridgehead atoms. The van der Waals surface area contributed by atoms with Crippen LogP contribution in [0.4, 0.5) is 24.9 Å². The summed E-state index contributed by atoms with van der Waals surface area (Å²) in [6, 6.07) is 3.42. The van der Waals surface area contributed by atoms with Crippen LogP contribution in [0.1, 0.15) is 21.6 Å². The zero-order valence-electron chi connectivity index (χ0n) is 10.2. The van der Waals surface area contributed by atoms with Crippen molar-refractivity contribution < 1.29 is 27.5 Å². The van der Waals surface area contributed by atoms with Gasteiger partial charge in [-0.2, -0.15) is 18.2 Å². The first-order valence-electron chi connectivity index (χ1n) is 5.41. The molecule has 0 spiro atoms. The number of aromatic nitrogens is 1. The largest absolute Gasteiger partial charge is 0.476 e. The van der Waals surface area contributed by atoms with E-state index in [1.165, 1.54) is 19.1 Å². The number of aromatic carboxylic acids is 1. The van der Waals surface area contributed by atoms with Gasteiger partial charge < -0.3 is 14.8 Å². The van der Waals surface area contributed by atoms with Crippen molar-refractivity contribution in [2.75, 3.05) is 5.32 Å². The van der Waals surface area contributed by atoms with Crippen LogP contribution in [0.25, 0.3) is 0 Å². The standard InChI is InChI=1S/C12H9F3N2O3/c1-6-2-3-7(4-8(6)12(13,14)15)16-11-17-9(5-20-11)10(18)19/h2-5H,1H3,(H,16,17)(H,18,19). The Labute approximate surface area is 111 Å². The number of nitrogens with zero attached hydrogens (tertiary/aromatic N) is 1. The van der Waals surface area contributed by atoms with Gasteiger partial charge in [0.15, 0.2) is 5.69 Å². The molecular formula is C12H9F3N2O3. The molecular weight excluding hydrogens is 277 g/mol. The number of halogens is 3. The van der Waals surface area contributed by atoms with Crippen LogP contribution >= 0.6 is 0 Å². The van der Waals surface area contributed by atoms with Crippen LogP contribution in [0.3, 0.4) is 0 Å². The number of benzene rings is 1. The Morgan fingerprint density at radius 1 is 1.40 bits per heavy atom. The van der Waals surface area contributed by atoms with Gasteiger partial charge in [0.2, 0.25) is 0 Å². The summed E-state index contributed by atoms with van der Waals surface area (Å²) >= 11 is 0. The van der Waals surface area contributed by atoms with Gasteiger partial charge in [0, 0.05) is 5.69 Å². The zero-order chi connectivity index (χ0) is 14.9. The molecule has 1 aromatic carbocycles. The van der Waals surface area contributed by atoms with E-state index < -0.39 is 17.7 Å².